The number of nitrogens with one attached hydrogen (secondary N) is 1. The third-order valence-corrected chi connectivity index (χ3v) is 4.15. The average Bonchev–Trinajstić information content (AvgIpc) is 2.46. The van der Waals surface area contributed by atoms with Gasteiger partial charge in [-0.2, -0.15) is 0 Å². The van der Waals surface area contributed by atoms with Gasteiger partial charge in [0.15, 0.2) is 0 Å². The number of carbonyl (C=O) groups excluding carboxylic acids is 1. The predicted molar refractivity (Wildman–Crippen MR) is 75.3 cm³/mol. The fourth-order valence-electron chi connectivity index (χ4n) is 2.67. The lowest BCUT2D eigenvalue weighted by molar-refractivity contribution is -0.126. The maximum absolute atomic E-state index is 12.1. The Bertz CT molecular complexity index is 425. The summed E-state index contributed by atoms with van der Waals surface area (Å²) >= 11 is 0. The highest BCUT2D eigenvalue weighted by molar-refractivity contribution is 5.78. The van der Waals surface area contributed by atoms with Crippen LogP contribution >= 0.6 is 0 Å². The van der Waals surface area contributed by atoms with Gasteiger partial charge < -0.3 is 11.1 Å². The molecule has 0 aromatic carbocycles. The minimum absolute atomic E-state index is 0.166. The van der Waals surface area contributed by atoms with Crippen molar-refractivity contribution in [3.8, 4) is 0 Å². The van der Waals surface area contributed by atoms with Crippen molar-refractivity contribution in [1.29, 1.82) is 0 Å². The molecular weight excluding hydrogens is 238 g/mol. The Labute approximate surface area is 114 Å². The molecule has 1 aromatic rings. The van der Waals surface area contributed by atoms with Crippen molar-refractivity contribution >= 4 is 5.91 Å². The second-order valence-corrected chi connectivity index (χ2v) is 5.47. The van der Waals surface area contributed by atoms with Crippen molar-refractivity contribution in [1.82, 2.24) is 10.3 Å². The second-order valence-electron chi connectivity index (χ2n) is 5.47. The molecule has 4 nitrogen and oxygen atoms in total. The lowest BCUT2D eigenvalue weighted by Crippen LogP contribution is -2.34. The van der Waals surface area contributed by atoms with Gasteiger partial charge in [0.25, 0.3) is 0 Å². The van der Waals surface area contributed by atoms with Crippen molar-refractivity contribution in [3.63, 3.8) is 0 Å². The lowest BCUT2D eigenvalue weighted by Gasteiger charge is -2.26. The van der Waals surface area contributed by atoms with E-state index in [1.165, 1.54) is 5.56 Å². The van der Waals surface area contributed by atoms with Crippen molar-refractivity contribution in [2.45, 2.75) is 39.2 Å². The molecule has 0 saturated heterocycles. The quantitative estimate of drug-likeness (QED) is 0.868. The van der Waals surface area contributed by atoms with Gasteiger partial charge in [-0.1, -0.05) is 0 Å². The molecule has 1 aromatic heterocycles. The van der Waals surface area contributed by atoms with E-state index in [1.54, 1.807) is 6.20 Å². The molecule has 1 saturated carbocycles. The Morgan fingerprint density at radius 3 is 2.79 bits per heavy atom. The summed E-state index contributed by atoms with van der Waals surface area (Å²) in [4.78, 5) is 16.2. The van der Waals surface area contributed by atoms with E-state index in [-0.39, 0.29) is 11.8 Å². The molecule has 3 N–H and O–H groups in total. The molecule has 0 atom stereocenters. The van der Waals surface area contributed by atoms with Gasteiger partial charge in [0.05, 0.1) is 0 Å². The van der Waals surface area contributed by atoms with Crippen molar-refractivity contribution in [3.05, 3.63) is 29.6 Å². The van der Waals surface area contributed by atoms with E-state index < -0.39 is 0 Å². The number of nitrogens with zero attached hydrogens (tertiary/aromatic N) is 1. The molecule has 4 heteroatoms. The zero-order valence-electron chi connectivity index (χ0n) is 11.6. The normalized spacial score (nSPS) is 23.1. The van der Waals surface area contributed by atoms with Gasteiger partial charge in [0.2, 0.25) is 5.91 Å². The van der Waals surface area contributed by atoms with Crippen LogP contribution in [0, 0.1) is 18.8 Å². The minimum atomic E-state index is 0.166. The highest BCUT2D eigenvalue weighted by Gasteiger charge is 2.25. The van der Waals surface area contributed by atoms with Crippen LogP contribution < -0.4 is 11.1 Å². The number of rotatable bonds is 4. The number of pyridine rings is 1. The van der Waals surface area contributed by atoms with E-state index in [2.05, 4.69) is 10.3 Å². The number of aromatic nitrogens is 1. The molecule has 2 rings (SSSR count). The largest absolute Gasteiger partial charge is 0.352 e. The first-order chi connectivity index (χ1) is 9.20. The van der Waals surface area contributed by atoms with Gasteiger partial charge in [0.1, 0.15) is 0 Å². The number of hydrogen-bond acceptors (Lipinski definition) is 3. The van der Waals surface area contributed by atoms with Gasteiger partial charge in [-0.25, -0.2) is 0 Å². The third kappa shape index (κ3) is 3.77. The molecule has 104 valence electrons. The van der Waals surface area contributed by atoms with Crippen LogP contribution in [0.25, 0.3) is 0 Å². The lowest BCUT2D eigenvalue weighted by atomic mass is 9.81. The Hall–Kier alpha value is -1.42. The van der Waals surface area contributed by atoms with E-state index in [1.807, 2.05) is 19.2 Å². The van der Waals surface area contributed by atoms with E-state index in [9.17, 15) is 4.79 Å². The molecule has 1 heterocycles. The number of amides is 1. The summed E-state index contributed by atoms with van der Waals surface area (Å²) in [5, 5.41) is 3.03. The van der Waals surface area contributed by atoms with Crippen LogP contribution in [0.5, 0.6) is 0 Å². The van der Waals surface area contributed by atoms with Crippen molar-refractivity contribution in [2.24, 2.45) is 17.6 Å². The summed E-state index contributed by atoms with van der Waals surface area (Å²) in [5.74, 6) is 0.961. The third-order valence-electron chi connectivity index (χ3n) is 4.15. The Kier molecular flexibility index (Phi) is 4.91. The molecule has 0 spiro atoms. The molecular formula is C15H23N3O. The summed E-state index contributed by atoms with van der Waals surface area (Å²) in [7, 11) is 0. The number of aryl methyl sites for hydroxylation is 1. The first-order valence-electron chi connectivity index (χ1n) is 7.08. The Balaban J connectivity index is 1.81. The van der Waals surface area contributed by atoms with Gasteiger partial charge in [-0.05, 0) is 62.3 Å². The smallest absolute Gasteiger partial charge is 0.223 e. The maximum atomic E-state index is 12.1. The molecule has 19 heavy (non-hydrogen) atoms. The molecule has 1 fully saturated rings. The Morgan fingerprint density at radius 2 is 2.16 bits per heavy atom. The maximum Gasteiger partial charge on any atom is 0.223 e. The molecule has 1 amide bonds. The highest BCUT2D eigenvalue weighted by Crippen LogP contribution is 2.28. The molecule has 0 unspecified atom stereocenters. The highest BCUT2D eigenvalue weighted by atomic mass is 16.1. The first-order valence-corrected chi connectivity index (χ1v) is 7.08. The van der Waals surface area contributed by atoms with Gasteiger partial charge >= 0.3 is 0 Å². The SMILES string of the molecule is Cc1ccncc1CNC(=O)C1CCC(CN)CC1. The monoisotopic (exact) mass is 261 g/mol. The number of hydrogen-bond donors (Lipinski definition) is 2. The summed E-state index contributed by atoms with van der Waals surface area (Å²) in [6.45, 7) is 3.37. The van der Waals surface area contributed by atoms with Crippen LogP contribution in [0.3, 0.4) is 0 Å². The summed E-state index contributed by atoms with van der Waals surface area (Å²) in [5.41, 5.74) is 7.93. The van der Waals surface area contributed by atoms with Crippen LogP contribution in [0.4, 0.5) is 0 Å². The van der Waals surface area contributed by atoms with Crippen LogP contribution in [-0.2, 0) is 11.3 Å². The zero-order valence-corrected chi connectivity index (χ0v) is 11.6. The van der Waals surface area contributed by atoms with Crippen molar-refractivity contribution < 1.29 is 4.79 Å². The van der Waals surface area contributed by atoms with Crippen LogP contribution in [0.2, 0.25) is 0 Å². The molecule has 1 aliphatic carbocycles. The number of nitrogens with two attached hydrogens (primary N) is 1. The van der Waals surface area contributed by atoms with Gasteiger partial charge in [-0.3, -0.25) is 9.78 Å². The first kappa shape index (κ1) is 14.0. The van der Waals surface area contributed by atoms with Crippen LogP contribution in [0.15, 0.2) is 18.5 Å². The molecule has 0 bridgehead atoms. The van der Waals surface area contributed by atoms with Crippen LogP contribution in [-0.4, -0.2) is 17.4 Å². The molecule has 1 aliphatic rings. The minimum Gasteiger partial charge on any atom is -0.352 e. The predicted octanol–water partition coefficient (Wildman–Crippen LogP) is 1.77. The van der Waals surface area contributed by atoms with E-state index >= 15 is 0 Å². The standard InChI is InChI=1S/C15H23N3O/c1-11-6-7-17-9-14(11)10-18-15(19)13-4-2-12(8-16)3-5-13/h6-7,9,12-13H,2-5,8,10,16H2,1H3,(H,18,19). The van der Waals surface area contributed by atoms with E-state index in [4.69, 9.17) is 5.73 Å². The fourth-order valence-corrected chi connectivity index (χ4v) is 2.67. The van der Waals surface area contributed by atoms with E-state index in [0.29, 0.717) is 12.5 Å². The van der Waals surface area contributed by atoms with E-state index in [0.717, 1.165) is 37.8 Å². The van der Waals surface area contributed by atoms with Gasteiger partial charge in [-0.15, -0.1) is 0 Å². The van der Waals surface area contributed by atoms with Crippen LogP contribution in [0.1, 0.15) is 36.8 Å². The Morgan fingerprint density at radius 1 is 1.42 bits per heavy atom. The van der Waals surface area contributed by atoms with Crippen molar-refractivity contribution in [2.75, 3.05) is 6.54 Å². The van der Waals surface area contributed by atoms with Gasteiger partial charge in [0, 0.05) is 24.9 Å². The summed E-state index contributed by atoms with van der Waals surface area (Å²) < 4.78 is 0. The summed E-state index contributed by atoms with van der Waals surface area (Å²) in [6, 6.07) is 1.97. The zero-order chi connectivity index (χ0) is 13.7. The topological polar surface area (TPSA) is 68.0 Å². The fraction of sp³-hybridized carbons (Fsp3) is 0.600. The molecule has 0 radical (unpaired) electrons. The summed E-state index contributed by atoms with van der Waals surface area (Å²) in [6.07, 6.45) is 7.70. The number of carbonyl (C=O) groups is 1. The second kappa shape index (κ2) is 6.66. The molecule has 0 aliphatic heterocycles. The average molecular weight is 261 g/mol.